The summed E-state index contributed by atoms with van der Waals surface area (Å²) in [6.45, 7) is 0. The molecule has 0 heterocycles. The summed E-state index contributed by atoms with van der Waals surface area (Å²) in [5.41, 5.74) is 0. The average molecular weight is 374 g/mol. The second-order valence-electron chi connectivity index (χ2n) is 2.95. The van der Waals surface area contributed by atoms with Gasteiger partial charge in [-0.15, -0.1) is 23.2 Å². The highest BCUT2D eigenvalue weighted by Gasteiger charge is 2.70. The first kappa shape index (κ1) is 15.0. The summed E-state index contributed by atoms with van der Waals surface area (Å²) in [5, 5.41) is -2.40. The van der Waals surface area contributed by atoms with Gasteiger partial charge in [-0.3, -0.25) is 4.79 Å². The second kappa shape index (κ2) is 4.28. The van der Waals surface area contributed by atoms with Crippen molar-refractivity contribution in [1.29, 1.82) is 0 Å². The van der Waals surface area contributed by atoms with Gasteiger partial charge >= 0.3 is 0 Å². The molecule has 9 heteroatoms. The molecule has 0 aromatic carbocycles. The number of carbonyl (C=O) groups is 1. The Bertz CT molecular complexity index is 298. The Morgan fingerprint density at radius 2 is 1.27 bits per heavy atom. The first-order chi connectivity index (χ1) is 6.47. The van der Waals surface area contributed by atoms with E-state index in [2.05, 4.69) is 0 Å². The summed E-state index contributed by atoms with van der Waals surface area (Å²) in [6.07, 6.45) is 0. The predicted octanol–water partition coefficient (Wildman–Crippen LogP) is 4.31. The molecule has 2 unspecified atom stereocenters. The third kappa shape index (κ3) is 2.06. The highest BCUT2D eigenvalue weighted by molar-refractivity contribution is 6.77. The molecule has 0 saturated heterocycles. The Hall–Kier alpha value is 1.99. The van der Waals surface area contributed by atoms with E-state index < -0.39 is 29.5 Å². The van der Waals surface area contributed by atoms with Gasteiger partial charge in [-0.1, -0.05) is 69.6 Å². The van der Waals surface area contributed by atoms with Gasteiger partial charge in [0.2, 0.25) is 10.1 Å². The number of hydrogen-bond acceptors (Lipinski definition) is 1. The molecule has 0 N–H and O–H groups in total. The molecule has 1 aliphatic carbocycles. The van der Waals surface area contributed by atoms with Crippen molar-refractivity contribution in [2.24, 2.45) is 0 Å². The lowest BCUT2D eigenvalue weighted by molar-refractivity contribution is -0.121. The van der Waals surface area contributed by atoms with Crippen LogP contribution in [0.4, 0.5) is 0 Å². The zero-order chi connectivity index (χ0) is 12.2. The molecule has 1 aliphatic rings. The Labute approximate surface area is 126 Å². The van der Waals surface area contributed by atoms with Crippen LogP contribution in [0.5, 0.6) is 0 Å². The van der Waals surface area contributed by atoms with Crippen molar-refractivity contribution in [3.05, 3.63) is 0 Å². The first-order valence-corrected chi connectivity index (χ1v) is 6.58. The van der Waals surface area contributed by atoms with E-state index in [1.165, 1.54) is 0 Å². The van der Waals surface area contributed by atoms with Gasteiger partial charge < -0.3 is 0 Å². The van der Waals surface area contributed by atoms with Gasteiger partial charge in [-0.2, -0.15) is 0 Å². The molecule has 1 nitrogen and oxygen atoms in total. The normalized spacial score (nSPS) is 37.7. The third-order valence-electron chi connectivity index (χ3n) is 1.96. The highest BCUT2D eigenvalue weighted by atomic mass is 35.5. The Balaban J connectivity index is 3.31. The van der Waals surface area contributed by atoms with Crippen molar-refractivity contribution in [3.8, 4) is 0 Å². The van der Waals surface area contributed by atoms with Gasteiger partial charge in [0, 0.05) is 0 Å². The van der Waals surface area contributed by atoms with E-state index in [9.17, 15) is 4.79 Å². The van der Waals surface area contributed by atoms with Crippen molar-refractivity contribution < 1.29 is 4.79 Å². The van der Waals surface area contributed by atoms with Crippen LogP contribution in [0.2, 0.25) is 0 Å². The number of ketones is 1. The summed E-state index contributed by atoms with van der Waals surface area (Å²) < 4.78 is -6.24. The maximum atomic E-state index is 11.7. The summed E-state index contributed by atoms with van der Waals surface area (Å²) in [5.74, 6) is -0.997. The van der Waals surface area contributed by atoms with Crippen molar-refractivity contribution >= 4 is 98.6 Å². The van der Waals surface area contributed by atoms with Gasteiger partial charge in [-0.05, 0) is 0 Å². The lowest BCUT2D eigenvalue weighted by Gasteiger charge is -2.46. The zero-order valence-corrected chi connectivity index (χ0v) is 12.6. The minimum Gasteiger partial charge on any atom is -0.293 e. The van der Waals surface area contributed by atoms with Crippen LogP contribution >= 0.6 is 92.8 Å². The van der Waals surface area contributed by atoms with Crippen LogP contribution in [0.15, 0.2) is 0 Å². The molecule has 1 saturated carbocycles. The largest absolute Gasteiger partial charge is 0.293 e. The molecular formula is C6H2Cl8O. The monoisotopic (exact) mass is 370 g/mol. The van der Waals surface area contributed by atoms with Crippen molar-refractivity contribution in [2.45, 2.75) is 23.8 Å². The standard InChI is InChI=1S/C6H2Cl8O/c7-1-2(8)5(11,12)6(13,14)3(15)4(1,9)10/h1-2H. The number of alkyl halides is 8. The van der Waals surface area contributed by atoms with Crippen LogP contribution in [0.1, 0.15) is 0 Å². The Kier molecular flexibility index (Phi) is 4.29. The van der Waals surface area contributed by atoms with Gasteiger partial charge in [0.15, 0.2) is 8.67 Å². The molecule has 1 fully saturated rings. The minimum absolute atomic E-state index is 0.997. The maximum absolute atomic E-state index is 11.7. The molecule has 15 heavy (non-hydrogen) atoms. The van der Waals surface area contributed by atoms with Crippen molar-refractivity contribution in [1.82, 2.24) is 0 Å². The molecule has 1 rings (SSSR count). The number of carbonyl (C=O) groups excluding carboxylic acids is 1. The lowest BCUT2D eigenvalue weighted by Crippen LogP contribution is -2.66. The molecule has 0 aromatic heterocycles. The molecule has 0 spiro atoms. The first-order valence-electron chi connectivity index (χ1n) is 3.44. The fourth-order valence-corrected chi connectivity index (χ4v) is 3.72. The number of hydrogen-bond donors (Lipinski definition) is 0. The van der Waals surface area contributed by atoms with E-state index >= 15 is 0 Å². The number of Topliss-reactive ketones (excluding diaryl/α,β-unsaturated/α-hetero) is 1. The van der Waals surface area contributed by atoms with Gasteiger partial charge in [-0.25, -0.2) is 0 Å². The molecule has 2 atom stereocenters. The van der Waals surface area contributed by atoms with E-state index in [0.29, 0.717) is 0 Å². The fourth-order valence-electron chi connectivity index (χ4n) is 1.03. The lowest BCUT2D eigenvalue weighted by atomic mass is 9.95. The van der Waals surface area contributed by atoms with Crippen molar-refractivity contribution in [3.63, 3.8) is 0 Å². The van der Waals surface area contributed by atoms with E-state index in [-0.39, 0.29) is 0 Å². The van der Waals surface area contributed by atoms with Gasteiger partial charge in [0.05, 0.1) is 10.8 Å². The second-order valence-corrected chi connectivity index (χ2v) is 7.99. The predicted molar refractivity (Wildman–Crippen MR) is 67.6 cm³/mol. The summed E-state index contributed by atoms with van der Waals surface area (Å²) in [4.78, 5) is 11.7. The quantitative estimate of drug-likeness (QED) is 0.578. The molecule has 0 amide bonds. The van der Waals surface area contributed by atoms with Gasteiger partial charge in [0.25, 0.3) is 0 Å². The molecule has 0 bridgehead atoms. The molecule has 0 aliphatic heterocycles. The van der Waals surface area contributed by atoms with Gasteiger partial charge in [0.1, 0.15) is 0 Å². The Morgan fingerprint density at radius 1 is 0.867 bits per heavy atom. The summed E-state index contributed by atoms with van der Waals surface area (Å²) in [6, 6.07) is 0. The van der Waals surface area contributed by atoms with Crippen LogP contribution in [0.3, 0.4) is 0 Å². The smallest absolute Gasteiger partial charge is 0.213 e. The van der Waals surface area contributed by atoms with E-state index in [1.54, 1.807) is 0 Å². The van der Waals surface area contributed by atoms with E-state index in [0.717, 1.165) is 0 Å². The van der Waals surface area contributed by atoms with Crippen molar-refractivity contribution in [2.75, 3.05) is 0 Å². The number of rotatable bonds is 0. The molecular weight excluding hydrogens is 372 g/mol. The van der Waals surface area contributed by atoms with Crippen LogP contribution < -0.4 is 0 Å². The van der Waals surface area contributed by atoms with Crippen LogP contribution in [-0.4, -0.2) is 29.5 Å². The maximum Gasteiger partial charge on any atom is 0.213 e. The SMILES string of the molecule is O=C1C(Cl)(Cl)C(Cl)C(Cl)C(Cl)(Cl)C1(Cl)Cl. The van der Waals surface area contributed by atoms with E-state index in [4.69, 9.17) is 92.8 Å². The average Bonchev–Trinajstić information content (AvgIpc) is 2.12. The van der Waals surface area contributed by atoms with Crippen LogP contribution in [-0.2, 0) is 4.79 Å². The summed E-state index contributed by atoms with van der Waals surface area (Å²) in [7, 11) is 0. The third-order valence-corrected chi connectivity index (χ3v) is 6.87. The highest BCUT2D eigenvalue weighted by Crippen LogP contribution is 2.58. The van der Waals surface area contributed by atoms with E-state index in [1.807, 2.05) is 0 Å². The molecule has 88 valence electrons. The topological polar surface area (TPSA) is 17.1 Å². The molecule has 0 radical (unpaired) electrons. The minimum atomic E-state index is -2.22. The van der Waals surface area contributed by atoms with Crippen LogP contribution in [0, 0.1) is 0 Å². The zero-order valence-electron chi connectivity index (χ0n) is 6.59. The number of halogens is 8. The fraction of sp³-hybridized carbons (Fsp3) is 0.833. The molecule has 0 aromatic rings. The van der Waals surface area contributed by atoms with Crippen LogP contribution in [0.25, 0.3) is 0 Å². The summed E-state index contributed by atoms with van der Waals surface area (Å²) >= 11 is 45.9. The Morgan fingerprint density at radius 3 is 1.67 bits per heavy atom.